The largest absolute Gasteiger partial charge is 0.507 e. The van der Waals surface area contributed by atoms with E-state index in [0.717, 1.165) is 67.7 Å². The van der Waals surface area contributed by atoms with Crippen LogP contribution in [0.15, 0.2) is 36.4 Å². The second-order valence-electron chi connectivity index (χ2n) is 10.3. The summed E-state index contributed by atoms with van der Waals surface area (Å²) in [6.07, 6.45) is -1.20. The fraction of sp³-hybridized carbons (Fsp3) is 0.536. The van der Waals surface area contributed by atoms with E-state index in [-0.39, 0.29) is 29.7 Å². The Morgan fingerprint density at radius 1 is 1.19 bits per heavy atom. The lowest BCUT2D eigenvalue weighted by Crippen LogP contribution is -2.43. The van der Waals surface area contributed by atoms with Gasteiger partial charge in [-0.05, 0) is 87.5 Å². The number of halogens is 3. The first-order valence-corrected chi connectivity index (χ1v) is 12.9. The predicted octanol–water partition coefficient (Wildman–Crippen LogP) is 4.58. The molecule has 4 rings (SSSR count). The third-order valence-electron chi connectivity index (χ3n) is 7.71. The number of piperidine rings is 1. The number of hydrogen-bond donors (Lipinski definition) is 3. The number of nitrogens with zero attached hydrogens (tertiary/aromatic N) is 1. The summed E-state index contributed by atoms with van der Waals surface area (Å²) in [5, 5.41) is 13.5. The predicted molar refractivity (Wildman–Crippen MR) is 135 cm³/mol. The molecule has 1 saturated heterocycles. The fourth-order valence-corrected chi connectivity index (χ4v) is 5.39. The molecule has 0 radical (unpaired) electrons. The van der Waals surface area contributed by atoms with Crippen molar-refractivity contribution in [2.45, 2.75) is 64.0 Å². The maximum atomic E-state index is 12.7. The molecule has 6 nitrogen and oxygen atoms in total. The van der Waals surface area contributed by atoms with Crippen molar-refractivity contribution in [2.24, 2.45) is 11.7 Å². The average molecular weight is 520 g/mol. The Bertz CT molecular complexity index is 1080. The highest BCUT2D eigenvalue weighted by molar-refractivity contribution is 5.94. The fourth-order valence-electron chi connectivity index (χ4n) is 5.39. The van der Waals surface area contributed by atoms with Crippen LogP contribution in [0.1, 0.15) is 64.9 Å². The molecule has 0 saturated carbocycles. The minimum absolute atomic E-state index is 0.0258. The van der Waals surface area contributed by atoms with E-state index in [1.807, 2.05) is 26.0 Å². The molecule has 0 spiro atoms. The van der Waals surface area contributed by atoms with Crippen LogP contribution in [-0.4, -0.2) is 54.2 Å². The molecule has 1 fully saturated rings. The zero-order chi connectivity index (χ0) is 26.7. The number of carbonyl (C=O) groups is 1. The first-order valence-electron chi connectivity index (χ1n) is 12.9. The molecule has 2 heterocycles. The van der Waals surface area contributed by atoms with E-state index in [9.17, 15) is 23.1 Å². The van der Waals surface area contributed by atoms with E-state index in [1.54, 1.807) is 0 Å². The lowest BCUT2D eigenvalue weighted by Gasteiger charge is -2.40. The number of ether oxygens (including phenoxy) is 1. The SMILES string of the molecule is Cc1ccc2c(c1O)C[C@@H](C1CCN(CCC(C)NC(=O)c3ccc(C(F)(F)F)cc3)CC1)O[C@H]2CN. The van der Waals surface area contributed by atoms with Gasteiger partial charge < -0.3 is 25.8 Å². The van der Waals surface area contributed by atoms with E-state index in [0.29, 0.717) is 24.6 Å². The first kappa shape index (κ1) is 27.4. The highest BCUT2D eigenvalue weighted by Crippen LogP contribution is 2.40. The van der Waals surface area contributed by atoms with Crippen LogP contribution < -0.4 is 11.1 Å². The Morgan fingerprint density at radius 3 is 2.49 bits per heavy atom. The molecule has 1 unspecified atom stereocenters. The van der Waals surface area contributed by atoms with Gasteiger partial charge in [-0.1, -0.05) is 12.1 Å². The first-order chi connectivity index (χ1) is 17.6. The molecule has 202 valence electrons. The number of aromatic hydroxyl groups is 1. The van der Waals surface area contributed by atoms with Crippen molar-refractivity contribution in [2.75, 3.05) is 26.2 Å². The van der Waals surface area contributed by atoms with E-state index in [4.69, 9.17) is 10.5 Å². The van der Waals surface area contributed by atoms with Gasteiger partial charge in [0.05, 0.1) is 17.8 Å². The number of phenolic OH excluding ortho intramolecular Hbond substituents is 1. The van der Waals surface area contributed by atoms with Gasteiger partial charge >= 0.3 is 6.18 Å². The maximum absolute atomic E-state index is 12.7. The summed E-state index contributed by atoms with van der Waals surface area (Å²) in [5.41, 5.74) is 8.26. The summed E-state index contributed by atoms with van der Waals surface area (Å²) >= 11 is 0. The van der Waals surface area contributed by atoms with Crippen molar-refractivity contribution in [1.29, 1.82) is 0 Å². The molecular formula is C28H36F3N3O3. The molecule has 1 amide bonds. The van der Waals surface area contributed by atoms with Gasteiger partial charge in [0, 0.05) is 36.7 Å². The van der Waals surface area contributed by atoms with Crippen LogP contribution in [0.4, 0.5) is 13.2 Å². The molecule has 2 aliphatic rings. The zero-order valence-electron chi connectivity index (χ0n) is 21.4. The lowest BCUT2D eigenvalue weighted by molar-refractivity contribution is -0.137. The quantitative estimate of drug-likeness (QED) is 0.499. The number of nitrogens with one attached hydrogen (secondary N) is 1. The van der Waals surface area contributed by atoms with E-state index in [1.165, 1.54) is 12.1 Å². The normalized spacial score (nSPS) is 21.9. The van der Waals surface area contributed by atoms with E-state index >= 15 is 0 Å². The number of rotatable bonds is 7. The third-order valence-corrected chi connectivity index (χ3v) is 7.71. The molecule has 37 heavy (non-hydrogen) atoms. The molecule has 2 aliphatic heterocycles. The van der Waals surface area contributed by atoms with Crippen molar-refractivity contribution in [3.8, 4) is 5.75 Å². The van der Waals surface area contributed by atoms with Crippen LogP contribution in [0.25, 0.3) is 0 Å². The lowest BCUT2D eigenvalue weighted by atomic mass is 9.83. The Labute approximate surface area is 216 Å². The molecule has 0 bridgehead atoms. The molecule has 4 N–H and O–H groups in total. The highest BCUT2D eigenvalue weighted by Gasteiger charge is 2.35. The number of aryl methyl sites for hydroxylation is 1. The van der Waals surface area contributed by atoms with Gasteiger partial charge in [0.15, 0.2) is 0 Å². The van der Waals surface area contributed by atoms with Crippen LogP contribution in [0.2, 0.25) is 0 Å². The minimum atomic E-state index is -4.42. The van der Waals surface area contributed by atoms with Crippen molar-refractivity contribution in [1.82, 2.24) is 10.2 Å². The number of nitrogens with two attached hydrogens (primary N) is 1. The Kier molecular flexibility index (Phi) is 8.46. The number of phenols is 1. The summed E-state index contributed by atoms with van der Waals surface area (Å²) in [5.74, 6) is 0.367. The summed E-state index contributed by atoms with van der Waals surface area (Å²) in [4.78, 5) is 14.8. The molecule has 2 aromatic rings. The Hall–Kier alpha value is -2.62. The summed E-state index contributed by atoms with van der Waals surface area (Å²) in [6, 6.07) is 8.08. The van der Waals surface area contributed by atoms with Crippen LogP contribution in [0.5, 0.6) is 5.75 Å². The molecular weight excluding hydrogens is 483 g/mol. The number of fused-ring (bicyclic) bond motifs is 1. The van der Waals surface area contributed by atoms with Gasteiger partial charge in [0.25, 0.3) is 5.91 Å². The molecule has 9 heteroatoms. The third kappa shape index (κ3) is 6.45. The summed E-state index contributed by atoms with van der Waals surface area (Å²) in [6.45, 7) is 6.85. The van der Waals surface area contributed by atoms with Gasteiger partial charge in [-0.15, -0.1) is 0 Å². The van der Waals surface area contributed by atoms with Crippen molar-refractivity contribution < 1.29 is 27.8 Å². The number of hydrogen-bond acceptors (Lipinski definition) is 5. The van der Waals surface area contributed by atoms with Crippen LogP contribution in [-0.2, 0) is 17.3 Å². The molecule has 2 aromatic carbocycles. The van der Waals surface area contributed by atoms with Gasteiger partial charge in [-0.2, -0.15) is 13.2 Å². The van der Waals surface area contributed by atoms with Gasteiger partial charge in [-0.25, -0.2) is 0 Å². The standard InChI is InChI=1S/C28H36F3N3O3/c1-17-3-8-22-23(26(17)35)15-24(37-25(22)16-32)19-10-13-34(14-11-19)12-9-18(2)33-27(36)20-4-6-21(7-5-20)28(29,30)31/h3-8,18-19,24-25,35H,9-16,32H2,1-2H3,(H,33,36)/t18?,24-,25-/m0/s1. The van der Waals surface area contributed by atoms with Crippen LogP contribution in [0.3, 0.4) is 0 Å². The van der Waals surface area contributed by atoms with Crippen molar-refractivity contribution >= 4 is 5.91 Å². The van der Waals surface area contributed by atoms with Crippen molar-refractivity contribution in [3.05, 3.63) is 64.2 Å². The summed E-state index contributed by atoms with van der Waals surface area (Å²) in [7, 11) is 0. The second kappa shape index (κ2) is 11.4. The van der Waals surface area contributed by atoms with E-state index in [2.05, 4.69) is 10.2 Å². The Morgan fingerprint density at radius 2 is 1.86 bits per heavy atom. The zero-order valence-corrected chi connectivity index (χ0v) is 21.4. The van der Waals surface area contributed by atoms with Gasteiger partial charge in [-0.3, -0.25) is 4.79 Å². The Balaban J connectivity index is 1.24. The second-order valence-corrected chi connectivity index (χ2v) is 10.3. The van der Waals surface area contributed by atoms with Crippen LogP contribution >= 0.6 is 0 Å². The number of likely N-dealkylation sites (tertiary alicyclic amines) is 1. The number of alkyl halides is 3. The molecule has 3 atom stereocenters. The number of benzene rings is 2. The average Bonchev–Trinajstić information content (AvgIpc) is 2.89. The highest BCUT2D eigenvalue weighted by atomic mass is 19.4. The maximum Gasteiger partial charge on any atom is 0.416 e. The van der Waals surface area contributed by atoms with E-state index < -0.39 is 11.7 Å². The topological polar surface area (TPSA) is 87.8 Å². The molecule has 0 aromatic heterocycles. The monoisotopic (exact) mass is 519 g/mol. The summed E-state index contributed by atoms with van der Waals surface area (Å²) < 4.78 is 44.6. The van der Waals surface area contributed by atoms with Crippen molar-refractivity contribution in [3.63, 3.8) is 0 Å². The number of carbonyl (C=O) groups excluding carboxylic acids is 1. The van der Waals surface area contributed by atoms with Gasteiger partial charge in [0.1, 0.15) is 5.75 Å². The van der Waals surface area contributed by atoms with Crippen LogP contribution in [0, 0.1) is 12.8 Å². The number of amides is 1. The smallest absolute Gasteiger partial charge is 0.416 e. The minimum Gasteiger partial charge on any atom is -0.507 e. The van der Waals surface area contributed by atoms with Gasteiger partial charge in [0.2, 0.25) is 0 Å². The molecule has 0 aliphatic carbocycles.